The Morgan fingerprint density at radius 3 is 1.38 bits per heavy atom. The van der Waals surface area contributed by atoms with Crippen LogP contribution in [-0.2, 0) is 0 Å². The van der Waals surface area contributed by atoms with E-state index in [1.54, 1.807) is 6.07 Å². The molecule has 0 radical (unpaired) electrons. The zero-order chi connectivity index (χ0) is 7.41. The third kappa shape index (κ3) is 302. The molecule has 2 N–H and O–H groups in total. The summed E-state index contributed by atoms with van der Waals surface area (Å²) in [6.07, 6.45) is 0. The van der Waals surface area contributed by atoms with Gasteiger partial charge in [0.1, 0.15) is 0 Å². The fourth-order valence-corrected chi connectivity index (χ4v) is 0. The average Bonchev–Trinajstić information content (AvgIpc) is 1.75. The SMILES string of the molecule is CC#N.CNC.CO. The molecular weight excluding hydrogens is 104 g/mol. The molecule has 0 aromatic heterocycles. The molecule has 0 aromatic carbocycles. The van der Waals surface area contributed by atoms with Crippen molar-refractivity contribution < 1.29 is 5.11 Å². The van der Waals surface area contributed by atoms with E-state index < -0.39 is 0 Å². The number of nitrogens with zero attached hydrogens (tertiary/aromatic N) is 1. The molecule has 0 unspecified atom stereocenters. The summed E-state index contributed by atoms with van der Waals surface area (Å²) in [5.74, 6) is 0. The van der Waals surface area contributed by atoms with Crippen LogP contribution in [0.5, 0.6) is 0 Å². The van der Waals surface area contributed by atoms with Crippen LogP contribution in [0.4, 0.5) is 0 Å². The van der Waals surface area contributed by atoms with E-state index in [0.29, 0.717) is 0 Å². The maximum absolute atomic E-state index is 7.32. The van der Waals surface area contributed by atoms with Crippen LogP contribution in [0.3, 0.4) is 0 Å². The van der Waals surface area contributed by atoms with E-state index in [1.165, 1.54) is 6.92 Å². The van der Waals surface area contributed by atoms with Crippen LogP contribution >= 0.6 is 0 Å². The van der Waals surface area contributed by atoms with Crippen molar-refractivity contribution in [3.8, 4) is 6.07 Å². The molecule has 0 heterocycles. The largest absolute Gasteiger partial charge is 0.400 e. The van der Waals surface area contributed by atoms with Crippen LogP contribution in [0, 0.1) is 11.3 Å². The first-order valence-electron chi connectivity index (χ1n) is 2.17. The number of hydrogen-bond acceptors (Lipinski definition) is 3. The van der Waals surface area contributed by atoms with Gasteiger partial charge in [-0.15, -0.1) is 0 Å². The van der Waals surface area contributed by atoms with E-state index in [1.807, 2.05) is 14.1 Å². The standard InChI is InChI=1S/C2H7N.C2H3N.CH4O/c1-3-2;1-2-3;1-2/h3H,1-2H3;1H3;2H,1H3. The van der Waals surface area contributed by atoms with Crippen LogP contribution in [-0.4, -0.2) is 26.3 Å². The normalized spacial score (nSPS) is 4.00. The number of aliphatic hydroxyl groups excluding tert-OH is 1. The average molecular weight is 118 g/mol. The van der Waals surface area contributed by atoms with E-state index in [0.717, 1.165) is 7.11 Å². The number of rotatable bonds is 0. The van der Waals surface area contributed by atoms with Gasteiger partial charge in [0, 0.05) is 14.0 Å². The molecule has 8 heavy (non-hydrogen) atoms. The Bertz CT molecular complexity index is 40.2. The Kier molecular flexibility index (Phi) is 185. The molecule has 0 fully saturated rings. The van der Waals surface area contributed by atoms with Crippen molar-refractivity contribution in [3.05, 3.63) is 0 Å². The number of hydrogen-bond donors (Lipinski definition) is 2. The van der Waals surface area contributed by atoms with Crippen molar-refractivity contribution in [3.63, 3.8) is 0 Å². The molecule has 3 heteroatoms. The first kappa shape index (κ1) is 15.7. The molecule has 0 aromatic rings. The maximum atomic E-state index is 7.32. The second-order valence-electron chi connectivity index (χ2n) is 0.724. The summed E-state index contributed by atoms with van der Waals surface area (Å²) in [4.78, 5) is 0. The number of nitrogens with one attached hydrogen (secondary N) is 1. The molecule has 0 aliphatic heterocycles. The summed E-state index contributed by atoms with van der Waals surface area (Å²) in [5, 5.41) is 17.1. The molecule has 0 atom stereocenters. The van der Waals surface area contributed by atoms with Gasteiger partial charge >= 0.3 is 0 Å². The van der Waals surface area contributed by atoms with Gasteiger partial charge in [-0.05, 0) is 14.1 Å². The second-order valence-corrected chi connectivity index (χ2v) is 0.724. The van der Waals surface area contributed by atoms with Crippen LogP contribution < -0.4 is 5.32 Å². The molecule has 0 aliphatic carbocycles. The predicted molar refractivity (Wildman–Crippen MR) is 34.4 cm³/mol. The Balaban J connectivity index is -0.0000000483. The lowest BCUT2D eigenvalue weighted by atomic mass is 11.0. The topological polar surface area (TPSA) is 56.0 Å². The third-order valence-electron chi connectivity index (χ3n) is 0. The van der Waals surface area contributed by atoms with E-state index in [2.05, 4.69) is 5.32 Å². The van der Waals surface area contributed by atoms with Gasteiger partial charge in [0.25, 0.3) is 0 Å². The Labute approximate surface area is 50.9 Å². The van der Waals surface area contributed by atoms with Gasteiger partial charge in [0.05, 0.1) is 6.07 Å². The van der Waals surface area contributed by atoms with Gasteiger partial charge in [-0.25, -0.2) is 0 Å². The monoisotopic (exact) mass is 118 g/mol. The minimum atomic E-state index is 1.00. The molecule has 0 bridgehead atoms. The first-order valence-corrected chi connectivity index (χ1v) is 2.17. The summed E-state index contributed by atoms with van der Waals surface area (Å²) < 4.78 is 0. The first-order chi connectivity index (χ1) is 3.83. The fourth-order valence-electron chi connectivity index (χ4n) is 0. The zero-order valence-electron chi connectivity index (χ0n) is 5.89. The lowest BCUT2D eigenvalue weighted by Crippen LogP contribution is -1.89. The maximum Gasteiger partial charge on any atom is 0.0587 e. The fraction of sp³-hybridized carbons (Fsp3) is 0.800. The predicted octanol–water partition coefficient (Wildman–Crippen LogP) is -0.0260. The molecule has 3 nitrogen and oxygen atoms in total. The van der Waals surface area contributed by atoms with Crippen LogP contribution in [0.2, 0.25) is 0 Å². The Morgan fingerprint density at radius 1 is 1.38 bits per heavy atom. The van der Waals surface area contributed by atoms with Gasteiger partial charge in [0.15, 0.2) is 0 Å². The Morgan fingerprint density at radius 2 is 1.38 bits per heavy atom. The third-order valence-corrected chi connectivity index (χ3v) is 0. The summed E-state index contributed by atoms with van der Waals surface area (Å²) in [6.45, 7) is 1.43. The molecule has 0 rings (SSSR count). The smallest absolute Gasteiger partial charge is 0.0587 e. The molecule has 0 aliphatic rings. The highest BCUT2D eigenvalue weighted by Crippen LogP contribution is 1.21. The molecule has 0 saturated heterocycles. The molecule has 50 valence electrons. The van der Waals surface area contributed by atoms with Gasteiger partial charge in [-0.3, -0.25) is 0 Å². The van der Waals surface area contributed by atoms with E-state index in [4.69, 9.17) is 10.4 Å². The van der Waals surface area contributed by atoms with Crippen molar-refractivity contribution in [2.45, 2.75) is 6.92 Å². The van der Waals surface area contributed by atoms with Gasteiger partial charge in [-0.2, -0.15) is 5.26 Å². The minimum absolute atomic E-state index is 1.00. The van der Waals surface area contributed by atoms with Crippen molar-refractivity contribution in [1.82, 2.24) is 5.32 Å². The van der Waals surface area contributed by atoms with Crippen LogP contribution in [0.25, 0.3) is 0 Å². The zero-order valence-corrected chi connectivity index (χ0v) is 5.89. The van der Waals surface area contributed by atoms with Crippen molar-refractivity contribution >= 4 is 0 Å². The summed E-state index contributed by atoms with van der Waals surface area (Å²) in [6, 6.07) is 1.75. The summed E-state index contributed by atoms with van der Waals surface area (Å²) in [5.41, 5.74) is 0. The van der Waals surface area contributed by atoms with Crippen molar-refractivity contribution in [2.24, 2.45) is 0 Å². The molecule has 0 saturated carbocycles. The van der Waals surface area contributed by atoms with Crippen LogP contribution in [0.1, 0.15) is 6.92 Å². The van der Waals surface area contributed by atoms with E-state index in [9.17, 15) is 0 Å². The summed E-state index contributed by atoms with van der Waals surface area (Å²) >= 11 is 0. The lowest BCUT2D eigenvalue weighted by molar-refractivity contribution is 0.399. The quantitative estimate of drug-likeness (QED) is 0.470. The molecule has 0 spiro atoms. The Hall–Kier alpha value is -0.590. The van der Waals surface area contributed by atoms with Crippen molar-refractivity contribution in [2.75, 3.05) is 21.2 Å². The number of nitriles is 1. The highest BCUT2D eigenvalue weighted by atomic mass is 16.2. The second kappa shape index (κ2) is 94.4. The van der Waals surface area contributed by atoms with Crippen molar-refractivity contribution in [1.29, 1.82) is 5.26 Å². The lowest BCUT2D eigenvalue weighted by Gasteiger charge is -1.59. The van der Waals surface area contributed by atoms with Gasteiger partial charge < -0.3 is 10.4 Å². The summed E-state index contributed by atoms with van der Waals surface area (Å²) in [7, 11) is 4.75. The molecule has 0 amide bonds. The number of aliphatic hydroxyl groups is 1. The highest BCUT2D eigenvalue weighted by molar-refractivity contribution is 4.51. The van der Waals surface area contributed by atoms with Gasteiger partial charge in [-0.1, -0.05) is 0 Å². The van der Waals surface area contributed by atoms with E-state index >= 15 is 0 Å². The molecular formula is C5H14N2O. The van der Waals surface area contributed by atoms with Crippen LogP contribution in [0.15, 0.2) is 0 Å². The van der Waals surface area contributed by atoms with Gasteiger partial charge in [0.2, 0.25) is 0 Å². The minimum Gasteiger partial charge on any atom is -0.400 e. The van der Waals surface area contributed by atoms with E-state index in [-0.39, 0.29) is 0 Å². The highest BCUT2D eigenvalue weighted by Gasteiger charge is 1.25.